The molecule has 0 spiro atoms. The van der Waals surface area contributed by atoms with E-state index in [4.69, 9.17) is 0 Å². The molecular weight excluding hydrogens is 480 g/mol. The lowest BCUT2D eigenvalue weighted by Gasteiger charge is -2.34. The molecule has 2 N–H and O–H groups in total. The lowest BCUT2D eigenvalue weighted by Crippen LogP contribution is -2.42. The third kappa shape index (κ3) is 19.1. The molecule has 0 aliphatic carbocycles. The number of aliphatic carboxylic acids is 2. The highest BCUT2D eigenvalue weighted by Gasteiger charge is 2.45. The first-order valence-electron chi connectivity index (χ1n) is 15.9. The van der Waals surface area contributed by atoms with Gasteiger partial charge in [-0.1, -0.05) is 155 Å². The number of carboxylic acids is 2. The molecule has 0 aliphatic heterocycles. The van der Waals surface area contributed by atoms with Gasteiger partial charge in [-0.2, -0.15) is 0 Å². The van der Waals surface area contributed by atoms with Gasteiger partial charge in [0, 0.05) is 0 Å². The summed E-state index contributed by atoms with van der Waals surface area (Å²) in [6.07, 6.45) is 28.1. The van der Waals surface area contributed by atoms with Crippen molar-refractivity contribution in [1.82, 2.24) is 0 Å². The highest BCUT2D eigenvalue weighted by atomic mass is 32.2. The Labute approximate surface area is 234 Å². The Hall–Kier alpha value is -0.710. The Morgan fingerprint density at radius 2 is 0.676 bits per heavy atom. The van der Waals surface area contributed by atoms with E-state index in [0.717, 1.165) is 38.5 Å². The average Bonchev–Trinajstić information content (AvgIpc) is 2.85. The zero-order valence-corrected chi connectivity index (χ0v) is 25.9. The smallest absolute Gasteiger partial charge is 0.319 e. The van der Waals surface area contributed by atoms with E-state index in [1.807, 2.05) is 0 Å². The zero-order chi connectivity index (χ0) is 27.8. The van der Waals surface area contributed by atoms with Gasteiger partial charge in [0.25, 0.3) is 0 Å². The molecule has 0 saturated carbocycles. The van der Waals surface area contributed by atoms with Crippen LogP contribution in [0.3, 0.4) is 0 Å². The number of thioether (sulfide) groups is 1. The van der Waals surface area contributed by atoms with Crippen LogP contribution in [0.15, 0.2) is 0 Å². The minimum absolute atomic E-state index is 0.533. The van der Waals surface area contributed by atoms with E-state index in [-0.39, 0.29) is 0 Å². The van der Waals surface area contributed by atoms with Crippen molar-refractivity contribution in [2.75, 3.05) is 0 Å². The predicted molar refractivity (Wildman–Crippen MR) is 162 cm³/mol. The summed E-state index contributed by atoms with van der Waals surface area (Å²) in [6, 6.07) is 0. The molecule has 0 aromatic heterocycles. The van der Waals surface area contributed by atoms with Crippen molar-refractivity contribution in [3.63, 3.8) is 0 Å². The first-order valence-corrected chi connectivity index (χ1v) is 16.7. The van der Waals surface area contributed by atoms with Crippen molar-refractivity contribution in [2.45, 2.75) is 191 Å². The second-order valence-corrected chi connectivity index (χ2v) is 13.8. The van der Waals surface area contributed by atoms with Crippen LogP contribution in [0.25, 0.3) is 0 Å². The maximum atomic E-state index is 12.2. The lowest BCUT2D eigenvalue weighted by molar-refractivity contribution is -0.139. The summed E-state index contributed by atoms with van der Waals surface area (Å²) in [6.45, 7) is 7.96. The summed E-state index contributed by atoms with van der Waals surface area (Å²) < 4.78 is -2.10. The molecule has 0 aliphatic rings. The van der Waals surface area contributed by atoms with Gasteiger partial charge in [-0.3, -0.25) is 9.59 Å². The van der Waals surface area contributed by atoms with Crippen LogP contribution < -0.4 is 0 Å². The molecule has 4 nitrogen and oxygen atoms in total. The SMILES string of the molecule is CCCCCCCCCCCCCC(C)(SC(C)(CCCCCCCCCCCCC)C(=O)O)C(=O)O. The van der Waals surface area contributed by atoms with Crippen LogP contribution in [0.5, 0.6) is 0 Å². The number of hydrogen-bond donors (Lipinski definition) is 2. The predicted octanol–water partition coefficient (Wildman–Crippen LogP) is 10.8. The van der Waals surface area contributed by atoms with Crippen molar-refractivity contribution in [3.8, 4) is 0 Å². The van der Waals surface area contributed by atoms with Gasteiger partial charge in [-0.05, 0) is 26.7 Å². The molecule has 37 heavy (non-hydrogen) atoms. The molecule has 220 valence electrons. The van der Waals surface area contributed by atoms with Gasteiger partial charge >= 0.3 is 11.9 Å². The van der Waals surface area contributed by atoms with Crippen LogP contribution in [-0.2, 0) is 9.59 Å². The van der Waals surface area contributed by atoms with Crippen LogP contribution in [0.4, 0.5) is 0 Å². The normalized spacial score (nSPS) is 14.8. The first-order chi connectivity index (χ1) is 17.7. The Morgan fingerprint density at radius 3 is 0.892 bits per heavy atom. The molecule has 0 aromatic carbocycles. The van der Waals surface area contributed by atoms with Gasteiger partial charge < -0.3 is 10.2 Å². The van der Waals surface area contributed by atoms with Crippen molar-refractivity contribution >= 4 is 23.7 Å². The number of carboxylic acid groups (broad SMARTS) is 2. The summed E-state index contributed by atoms with van der Waals surface area (Å²) in [5, 5.41) is 20.0. The molecule has 5 heteroatoms. The maximum absolute atomic E-state index is 12.2. The second-order valence-electron chi connectivity index (χ2n) is 11.7. The van der Waals surface area contributed by atoms with Gasteiger partial charge in [-0.25, -0.2) is 0 Å². The largest absolute Gasteiger partial charge is 0.480 e. The molecule has 0 saturated heterocycles. The van der Waals surface area contributed by atoms with Crippen LogP contribution in [0.2, 0.25) is 0 Å². The Balaban J connectivity index is 4.25. The molecule has 0 aromatic rings. The average molecular weight is 543 g/mol. The highest BCUT2D eigenvalue weighted by Crippen LogP contribution is 2.43. The van der Waals surface area contributed by atoms with Gasteiger partial charge in [-0.15, -0.1) is 11.8 Å². The van der Waals surface area contributed by atoms with Crippen molar-refractivity contribution in [2.24, 2.45) is 0 Å². The van der Waals surface area contributed by atoms with E-state index >= 15 is 0 Å². The quantitative estimate of drug-likeness (QED) is 0.0961. The topological polar surface area (TPSA) is 74.6 Å². The van der Waals surface area contributed by atoms with E-state index in [2.05, 4.69) is 13.8 Å². The molecule has 0 fully saturated rings. The fourth-order valence-electron chi connectivity index (χ4n) is 5.15. The third-order valence-electron chi connectivity index (χ3n) is 7.87. The molecule has 2 unspecified atom stereocenters. The summed E-state index contributed by atoms with van der Waals surface area (Å²) in [5.41, 5.74) is 0. The summed E-state index contributed by atoms with van der Waals surface area (Å²) in [5.74, 6) is -1.76. The van der Waals surface area contributed by atoms with E-state index in [9.17, 15) is 19.8 Å². The van der Waals surface area contributed by atoms with Crippen molar-refractivity contribution in [3.05, 3.63) is 0 Å². The van der Waals surface area contributed by atoms with Gasteiger partial charge in [0.2, 0.25) is 0 Å². The standard InChI is InChI=1S/C32H62O4S/c1-5-7-9-11-13-15-17-19-21-23-25-27-31(3,29(33)34)37-32(4,30(35)36)28-26-24-22-20-18-16-14-12-10-8-6-2/h5-28H2,1-4H3,(H,33,34)(H,35,36). The van der Waals surface area contributed by atoms with Gasteiger partial charge in [0.1, 0.15) is 9.49 Å². The number of carbonyl (C=O) groups is 2. The second kappa shape index (κ2) is 23.2. The molecule has 0 radical (unpaired) electrons. The monoisotopic (exact) mass is 542 g/mol. The van der Waals surface area contributed by atoms with Gasteiger partial charge in [0.15, 0.2) is 0 Å². The Bertz CT molecular complexity index is 519. The molecule has 0 bridgehead atoms. The van der Waals surface area contributed by atoms with E-state index in [1.165, 1.54) is 114 Å². The minimum Gasteiger partial charge on any atom is -0.480 e. The van der Waals surface area contributed by atoms with E-state index in [1.54, 1.807) is 13.8 Å². The number of unbranched alkanes of at least 4 members (excludes halogenated alkanes) is 20. The Morgan fingerprint density at radius 1 is 0.459 bits per heavy atom. The van der Waals surface area contributed by atoms with E-state index < -0.39 is 21.4 Å². The highest BCUT2D eigenvalue weighted by molar-refractivity contribution is 8.03. The fourth-order valence-corrected chi connectivity index (χ4v) is 6.82. The summed E-state index contributed by atoms with van der Waals surface area (Å²) in [4.78, 5) is 24.4. The zero-order valence-electron chi connectivity index (χ0n) is 25.1. The van der Waals surface area contributed by atoms with Crippen molar-refractivity contribution in [1.29, 1.82) is 0 Å². The molecule has 2 atom stereocenters. The van der Waals surface area contributed by atoms with Gasteiger partial charge in [0.05, 0.1) is 0 Å². The van der Waals surface area contributed by atoms with Crippen LogP contribution in [0.1, 0.15) is 182 Å². The summed E-state index contributed by atoms with van der Waals surface area (Å²) >= 11 is 1.17. The van der Waals surface area contributed by atoms with Crippen molar-refractivity contribution < 1.29 is 19.8 Å². The molecular formula is C32H62O4S. The lowest BCUT2D eigenvalue weighted by atomic mass is 9.99. The summed E-state index contributed by atoms with van der Waals surface area (Å²) in [7, 11) is 0. The fraction of sp³-hybridized carbons (Fsp3) is 0.938. The van der Waals surface area contributed by atoms with Crippen LogP contribution >= 0.6 is 11.8 Å². The third-order valence-corrected chi connectivity index (χ3v) is 9.53. The minimum atomic E-state index is -1.05. The molecule has 0 heterocycles. The van der Waals surface area contributed by atoms with E-state index in [0.29, 0.717) is 12.8 Å². The molecule has 0 amide bonds. The van der Waals surface area contributed by atoms with Crippen LogP contribution in [0, 0.1) is 0 Å². The molecule has 0 rings (SSSR count). The van der Waals surface area contributed by atoms with Crippen LogP contribution in [-0.4, -0.2) is 31.6 Å². The Kier molecular flexibility index (Phi) is 22.8. The number of hydrogen-bond acceptors (Lipinski definition) is 3. The maximum Gasteiger partial charge on any atom is 0.319 e. The first kappa shape index (κ1) is 36.3. The number of rotatable bonds is 28.